The van der Waals surface area contributed by atoms with Crippen molar-refractivity contribution in [2.24, 2.45) is 0 Å². The number of hydrogen-bond donors (Lipinski definition) is 0. The molecule has 33 heavy (non-hydrogen) atoms. The highest BCUT2D eigenvalue weighted by atomic mass is 19.4. The number of ether oxygens (including phenoxy) is 3. The van der Waals surface area contributed by atoms with E-state index in [2.05, 4.69) is 9.72 Å². The molecule has 2 aromatic heterocycles. The lowest BCUT2D eigenvalue weighted by atomic mass is 10.1. The van der Waals surface area contributed by atoms with Crippen molar-refractivity contribution in [3.63, 3.8) is 0 Å². The number of hydrogen-bond acceptors (Lipinski definition) is 5. The van der Waals surface area contributed by atoms with E-state index < -0.39 is 18.8 Å². The molecular weight excluding hydrogens is 442 g/mol. The highest BCUT2D eigenvalue weighted by Crippen LogP contribution is 2.38. The van der Waals surface area contributed by atoms with Gasteiger partial charge >= 0.3 is 6.36 Å². The van der Waals surface area contributed by atoms with Crippen molar-refractivity contribution in [3.05, 3.63) is 47.4 Å². The second-order valence-corrected chi connectivity index (χ2v) is 7.81. The van der Waals surface area contributed by atoms with Crippen molar-refractivity contribution in [2.45, 2.75) is 46.0 Å². The van der Waals surface area contributed by atoms with E-state index >= 15 is 0 Å². The van der Waals surface area contributed by atoms with E-state index in [0.717, 1.165) is 11.3 Å². The van der Waals surface area contributed by atoms with Crippen LogP contribution in [0.15, 0.2) is 30.3 Å². The molecular formula is C23H23F4N3O3. The molecule has 0 aliphatic carbocycles. The van der Waals surface area contributed by atoms with Crippen LogP contribution in [-0.2, 0) is 24.4 Å². The molecule has 1 unspecified atom stereocenters. The zero-order valence-electron chi connectivity index (χ0n) is 18.4. The molecule has 0 saturated carbocycles. The van der Waals surface area contributed by atoms with Crippen molar-refractivity contribution in [3.8, 4) is 34.1 Å². The van der Waals surface area contributed by atoms with E-state index in [4.69, 9.17) is 14.5 Å². The van der Waals surface area contributed by atoms with Gasteiger partial charge in [0.2, 0.25) is 0 Å². The summed E-state index contributed by atoms with van der Waals surface area (Å²) in [6, 6.07) is 7.67. The number of aryl methyl sites for hydroxylation is 1. The van der Waals surface area contributed by atoms with E-state index in [1.165, 1.54) is 25.3 Å². The minimum Gasteiger partial charge on any atom is -0.493 e. The fraction of sp³-hybridized carbons (Fsp3) is 0.391. The molecule has 0 radical (unpaired) electrons. The Morgan fingerprint density at radius 2 is 1.91 bits per heavy atom. The topological polar surface area (TPSA) is 58.4 Å². The molecule has 1 aliphatic heterocycles. The van der Waals surface area contributed by atoms with Crippen LogP contribution in [0.3, 0.4) is 0 Å². The largest absolute Gasteiger partial charge is 0.573 e. The Bertz CT molecular complexity index is 1160. The van der Waals surface area contributed by atoms with Gasteiger partial charge < -0.3 is 18.8 Å². The second-order valence-electron chi connectivity index (χ2n) is 7.81. The molecule has 0 bridgehead atoms. The van der Waals surface area contributed by atoms with Gasteiger partial charge in [0, 0.05) is 28.9 Å². The van der Waals surface area contributed by atoms with Crippen LogP contribution >= 0.6 is 0 Å². The predicted molar refractivity (Wildman–Crippen MR) is 113 cm³/mol. The third kappa shape index (κ3) is 4.95. The summed E-state index contributed by atoms with van der Waals surface area (Å²) in [4.78, 5) is 9.03. The number of pyridine rings is 1. The van der Waals surface area contributed by atoms with Gasteiger partial charge in [0.15, 0.2) is 11.5 Å². The molecule has 0 saturated heterocycles. The normalized spacial score (nSPS) is 16.3. The van der Waals surface area contributed by atoms with Crippen molar-refractivity contribution in [1.29, 1.82) is 0 Å². The smallest absolute Gasteiger partial charge is 0.493 e. The number of halogens is 4. The van der Waals surface area contributed by atoms with Gasteiger partial charge in [0.1, 0.15) is 12.5 Å². The van der Waals surface area contributed by atoms with Crippen molar-refractivity contribution in [1.82, 2.24) is 14.5 Å². The average Bonchev–Trinajstić information content (AvgIpc) is 2.99. The number of fused-ring (bicyclic) bond motifs is 1. The number of methoxy groups -OCH3 is 1. The van der Waals surface area contributed by atoms with Gasteiger partial charge in [-0.05, 0) is 44.2 Å². The molecule has 3 heterocycles. The summed E-state index contributed by atoms with van der Waals surface area (Å²) in [5.41, 5.74) is 3.82. The zero-order valence-corrected chi connectivity index (χ0v) is 18.4. The molecule has 4 rings (SSSR count). The van der Waals surface area contributed by atoms with Crippen LogP contribution in [0.25, 0.3) is 22.6 Å². The number of alkyl halides is 4. The molecule has 3 aromatic rings. The van der Waals surface area contributed by atoms with Gasteiger partial charge in [0.25, 0.3) is 0 Å². The Balaban J connectivity index is 1.87. The maximum absolute atomic E-state index is 13.4. The molecule has 1 aromatic carbocycles. The maximum Gasteiger partial charge on any atom is 0.573 e. The Labute approximate surface area is 188 Å². The molecule has 0 amide bonds. The first-order valence-corrected chi connectivity index (χ1v) is 10.4. The second kappa shape index (κ2) is 9.01. The Morgan fingerprint density at radius 3 is 2.61 bits per heavy atom. The van der Waals surface area contributed by atoms with E-state index in [-0.39, 0.29) is 11.9 Å². The summed E-state index contributed by atoms with van der Waals surface area (Å²) < 4.78 is 68.6. The molecule has 0 N–H and O–H groups in total. The highest BCUT2D eigenvalue weighted by molar-refractivity contribution is 5.70. The van der Waals surface area contributed by atoms with E-state index in [1.54, 1.807) is 13.0 Å². The third-order valence-electron chi connectivity index (χ3n) is 5.32. The Kier molecular flexibility index (Phi) is 6.29. The first kappa shape index (κ1) is 23.0. The Hall–Kier alpha value is -3.14. The van der Waals surface area contributed by atoms with Crippen LogP contribution in [0.1, 0.15) is 24.0 Å². The van der Waals surface area contributed by atoms with Crippen LogP contribution in [-0.4, -0.2) is 40.7 Å². The molecule has 1 aliphatic rings. The minimum atomic E-state index is -4.84. The first-order chi connectivity index (χ1) is 15.7. The third-order valence-corrected chi connectivity index (χ3v) is 5.32. The highest BCUT2D eigenvalue weighted by Gasteiger charge is 2.33. The van der Waals surface area contributed by atoms with Gasteiger partial charge in [0.05, 0.1) is 37.8 Å². The fourth-order valence-corrected chi connectivity index (χ4v) is 4.01. The maximum atomic E-state index is 13.4. The van der Waals surface area contributed by atoms with Crippen LogP contribution in [0.4, 0.5) is 17.6 Å². The van der Waals surface area contributed by atoms with Gasteiger partial charge in [-0.25, -0.2) is 9.37 Å². The SMILES string of the molecule is COc1cc(-c2nc(-c3cc(C)nc(CF)c3)c3n2CC(C)OCC3)ccc1OC(F)(F)F. The van der Waals surface area contributed by atoms with Crippen molar-refractivity contribution >= 4 is 0 Å². The monoisotopic (exact) mass is 465 g/mol. The average molecular weight is 465 g/mol. The molecule has 176 valence electrons. The van der Waals surface area contributed by atoms with Crippen LogP contribution in [0, 0.1) is 6.92 Å². The van der Waals surface area contributed by atoms with E-state index in [9.17, 15) is 17.6 Å². The lowest BCUT2D eigenvalue weighted by Gasteiger charge is -2.15. The number of benzene rings is 1. The fourth-order valence-electron chi connectivity index (χ4n) is 4.01. The minimum absolute atomic E-state index is 0.0684. The summed E-state index contributed by atoms with van der Waals surface area (Å²) in [5.74, 6) is 0.0391. The van der Waals surface area contributed by atoms with E-state index in [1.807, 2.05) is 17.6 Å². The standard InChI is InChI=1S/C23H23F4N3O3/c1-13-8-16(9-17(11-24)28-13)21-18-6-7-32-14(2)12-30(18)22(29-21)15-4-5-19(20(10-15)31-3)33-23(25,26)27/h4-5,8-10,14H,6-7,11-12H2,1-3H3. The van der Waals surface area contributed by atoms with Crippen molar-refractivity contribution < 1.29 is 31.8 Å². The lowest BCUT2D eigenvalue weighted by molar-refractivity contribution is -0.275. The summed E-state index contributed by atoms with van der Waals surface area (Å²) >= 11 is 0. The van der Waals surface area contributed by atoms with Crippen LogP contribution in [0.2, 0.25) is 0 Å². The number of rotatable bonds is 5. The summed E-state index contributed by atoms with van der Waals surface area (Å²) in [6.07, 6.45) is -4.36. The van der Waals surface area contributed by atoms with Crippen LogP contribution < -0.4 is 9.47 Å². The van der Waals surface area contributed by atoms with Crippen LogP contribution in [0.5, 0.6) is 11.5 Å². The number of aromatic nitrogens is 3. The number of imidazole rings is 1. The summed E-state index contributed by atoms with van der Waals surface area (Å²) in [7, 11) is 1.27. The molecule has 0 fully saturated rings. The molecule has 6 nitrogen and oxygen atoms in total. The first-order valence-electron chi connectivity index (χ1n) is 10.4. The van der Waals surface area contributed by atoms with Crippen molar-refractivity contribution in [2.75, 3.05) is 13.7 Å². The Morgan fingerprint density at radius 1 is 1.12 bits per heavy atom. The summed E-state index contributed by atoms with van der Waals surface area (Å²) in [6.45, 7) is 4.02. The zero-order chi connectivity index (χ0) is 23.8. The van der Waals surface area contributed by atoms with Gasteiger partial charge in [-0.2, -0.15) is 0 Å². The summed E-state index contributed by atoms with van der Waals surface area (Å²) in [5, 5.41) is 0. The lowest BCUT2D eigenvalue weighted by Crippen LogP contribution is -2.17. The van der Waals surface area contributed by atoms with Gasteiger partial charge in [-0.3, -0.25) is 4.98 Å². The molecule has 10 heteroatoms. The quantitative estimate of drug-likeness (QED) is 0.481. The predicted octanol–water partition coefficient (Wildman–Crippen LogP) is 5.26. The molecule has 0 spiro atoms. The van der Waals surface area contributed by atoms with Gasteiger partial charge in [-0.15, -0.1) is 13.2 Å². The van der Waals surface area contributed by atoms with E-state index in [0.29, 0.717) is 48.0 Å². The number of nitrogens with zero attached hydrogens (tertiary/aromatic N) is 3. The molecule has 1 atom stereocenters. The van der Waals surface area contributed by atoms with Gasteiger partial charge in [-0.1, -0.05) is 0 Å².